The number of anilines is 1. The van der Waals surface area contributed by atoms with Gasteiger partial charge in [0, 0.05) is 44.0 Å². The van der Waals surface area contributed by atoms with Gasteiger partial charge in [-0.25, -0.2) is 4.98 Å². The van der Waals surface area contributed by atoms with Gasteiger partial charge in [-0.1, -0.05) is 12.1 Å². The second-order valence-electron chi connectivity index (χ2n) is 6.05. The number of aryl methyl sites for hydroxylation is 2. The van der Waals surface area contributed by atoms with E-state index in [0.29, 0.717) is 30.0 Å². The second kappa shape index (κ2) is 7.77. The van der Waals surface area contributed by atoms with Crippen molar-refractivity contribution in [2.45, 2.75) is 33.2 Å². The molecule has 2 N–H and O–H groups in total. The van der Waals surface area contributed by atoms with Gasteiger partial charge in [0.1, 0.15) is 5.82 Å². The number of nitrogens with one attached hydrogen (secondary N) is 2. The number of amides is 1. The molecule has 1 amide bonds. The Hall–Kier alpha value is -2.63. The van der Waals surface area contributed by atoms with Gasteiger partial charge in [-0.15, -0.1) is 0 Å². The van der Waals surface area contributed by atoms with Gasteiger partial charge in [-0.05, 0) is 38.0 Å². The molecule has 0 aliphatic rings. The minimum atomic E-state index is -0.160. The fourth-order valence-electron chi connectivity index (χ4n) is 2.48. The predicted molar refractivity (Wildman–Crippen MR) is 95.3 cm³/mol. The first-order chi connectivity index (χ1) is 11.4. The van der Waals surface area contributed by atoms with Crippen LogP contribution in [0.1, 0.15) is 29.1 Å². The van der Waals surface area contributed by atoms with Crippen LogP contribution in [0.15, 0.2) is 29.1 Å². The highest BCUT2D eigenvalue weighted by Crippen LogP contribution is 2.12. The van der Waals surface area contributed by atoms with E-state index in [-0.39, 0.29) is 17.9 Å². The molecule has 1 heterocycles. The fourth-order valence-corrected chi connectivity index (χ4v) is 2.48. The lowest BCUT2D eigenvalue weighted by Crippen LogP contribution is -2.25. The molecule has 0 aliphatic heterocycles. The van der Waals surface area contributed by atoms with Crippen molar-refractivity contribution >= 4 is 11.6 Å². The van der Waals surface area contributed by atoms with Crippen LogP contribution in [0.3, 0.4) is 0 Å². The summed E-state index contributed by atoms with van der Waals surface area (Å²) in [5.41, 5.74) is 3.26. The second-order valence-corrected chi connectivity index (χ2v) is 6.05. The van der Waals surface area contributed by atoms with Crippen molar-refractivity contribution in [2.75, 3.05) is 19.0 Å². The van der Waals surface area contributed by atoms with Crippen molar-refractivity contribution in [1.29, 1.82) is 0 Å². The van der Waals surface area contributed by atoms with Crippen molar-refractivity contribution in [2.24, 2.45) is 0 Å². The SMILES string of the molecule is Cc1nc(C)c(CCC(=O)NCc2ccc(N(C)C)cc2)c(=O)[nH]1. The van der Waals surface area contributed by atoms with E-state index in [1.807, 2.05) is 43.3 Å². The summed E-state index contributed by atoms with van der Waals surface area (Å²) >= 11 is 0. The van der Waals surface area contributed by atoms with Crippen molar-refractivity contribution < 1.29 is 4.79 Å². The number of nitrogens with zero attached hydrogens (tertiary/aromatic N) is 2. The molecule has 6 nitrogen and oxygen atoms in total. The summed E-state index contributed by atoms with van der Waals surface area (Å²) < 4.78 is 0. The van der Waals surface area contributed by atoms with Crippen LogP contribution in [0.4, 0.5) is 5.69 Å². The van der Waals surface area contributed by atoms with Crippen LogP contribution < -0.4 is 15.8 Å². The summed E-state index contributed by atoms with van der Waals surface area (Å²) in [7, 11) is 3.97. The van der Waals surface area contributed by atoms with Crippen molar-refractivity contribution in [3.05, 3.63) is 57.3 Å². The minimum absolute atomic E-state index is 0.0777. The first kappa shape index (κ1) is 17.7. The smallest absolute Gasteiger partial charge is 0.254 e. The third-order valence-electron chi connectivity index (χ3n) is 3.89. The molecular formula is C18H24N4O2. The van der Waals surface area contributed by atoms with Crippen LogP contribution in [-0.2, 0) is 17.8 Å². The van der Waals surface area contributed by atoms with E-state index in [9.17, 15) is 9.59 Å². The molecule has 0 fully saturated rings. The molecule has 0 atom stereocenters. The van der Waals surface area contributed by atoms with Gasteiger partial charge in [0.05, 0.1) is 0 Å². The van der Waals surface area contributed by atoms with Gasteiger partial charge in [0.25, 0.3) is 5.56 Å². The summed E-state index contributed by atoms with van der Waals surface area (Å²) in [6.07, 6.45) is 0.657. The van der Waals surface area contributed by atoms with Gasteiger partial charge in [-0.2, -0.15) is 0 Å². The lowest BCUT2D eigenvalue weighted by Gasteiger charge is -2.13. The summed E-state index contributed by atoms with van der Waals surface area (Å²) in [5.74, 6) is 0.512. The largest absolute Gasteiger partial charge is 0.378 e. The molecule has 2 rings (SSSR count). The Morgan fingerprint density at radius 1 is 1.21 bits per heavy atom. The quantitative estimate of drug-likeness (QED) is 0.846. The van der Waals surface area contributed by atoms with Gasteiger partial charge < -0.3 is 15.2 Å². The summed E-state index contributed by atoms with van der Waals surface area (Å²) in [6.45, 7) is 4.02. The Balaban J connectivity index is 1.87. The van der Waals surface area contributed by atoms with E-state index < -0.39 is 0 Å². The van der Waals surface area contributed by atoms with Gasteiger partial charge >= 0.3 is 0 Å². The third-order valence-corrected chi connectivity index (χ3v) is 3.89. The van der Waals surface area contributed by atoms with E-state index >= 15 is 0 Å². The summed E-state index contributed by atoms with van der Waals surface area (Å²) in [4.78, 5) is 32.8. The molecule has 0 radical (unpaired) electrons. The average molecular weight is 328 g/mol. The van der Waals surface area contributed by atoms with E-state index in [4.69, 9.17) is 0 Å². The molecule has 0 spiro atoms. The number of carbonyl (C=O) groups is 1. The van der Waals surface area contributed by atoms with E-state index in [2.05, 4.69) is 15.3 Å². The number of aromatic nitrogens is 2. The fraction of sp³-hybridized carbons (Fsp3) is 0.389. The van der Waals surface area contributed by atoms with Crippen LogP contribution in [0.2, 0.25) is 0 Å². The van der Waals surface area contributed by atoms with Gasteiger partial charge in [0.15, 0.2) is 0 Å². The molecule has 0 saturated carbocycles. The van der Waals surface area contributed by atoms with Crippen LogP contribution in [0.25, 0.3) is 0 Å². The minimum Gasteiger partial charge on any atom is -0.378 e. The van der Waals surface area contributed by atoms with E-state index in [0.717, 1.165) is 11.3 Å². The van der Waals surface area contributed by atoms with Crippen LogP contribution in [-0.4, -0.2) is 30.0 Å². The summed E-state index contributed by atoms with van der Waals surface area (Å²) in [6, 6.07) is 8.02. The molecule has 24 heavy (non-hydrogen) atoms. The van der Waals surface area contributed by atoms with Crippen molar-refractivity contribution in [3.8, 4) is 0 Å². The van der Waals surface area contributed by atoms with Crippen LogP contribution in [0.5, 0.6) is 0 Å². The third kappa shape index (κ3) is 4.68. The first-order valence-corrected chi connectivity index (χ1v) is 7.96. The number of hydrogen-bond donors (Lipinski definition) is 2. The highest BCUT2D eigenvalue weighted by Gasteiger charge is 2.09. The zero-order chi connectivity index (χ0) is 17.7. The molecule has 2 aromatic rings. The highest BCUT2D eigenvalue weighted by atomic mass is 16.1. The molecule has 0 unspecified atom stereocenters. The van der Waals surface area contributed by atoms with Crippen LogP contribution in [0, 0.1) is 13.8 Å². The lowest BCUT2D eigenvalue weighted by atomic mass is 10.1. The first-order valence-electron chi connectivity index (χ1n) is 7.96. The monoisotopic (exact) mass is 328 g/mol. The zero-order valence-corrected chi connectivity index (χ0v) is 14.6. The molecule has 6 heteroatoms. The molecule has 0 saturated heterocycles. The van der Waals surface area contributed by atoms with Crippen molar-refractivity contribution in [3.63, 3.8) is 0 Å². The normalized spacial score (nSPS) is 10.5. The molecule has 0 bridgehead atoms. The Labute approximate surface area is 141 Å². The number of benzene rings is 1. The predicted octanol–water partition coefficient (Wildman–Crippen LogP) is 1.70. The van der Waals surface area contributed by atoms with Crippen molar-refractivity contribution in [1.82, 2.24) is 15.3 Å². The molecule has 128 valence electrons. The van der Waals surface area contributed by atoms with Gasteiger partial charge in [-0.3, -0.25) is 9.59 Å². The summed E-state index contributed by atoms with van der Waals surface area (Å²) in [5, 5.41) is 2.88. The Bertz CT molecular complexity index is 764. The lowest BCUT2D eigenvalue weighted by molar-refractivity contribution is -0.121. The van der Waals surface area contributed by atoms with E-state index in [1.165, 1.54) is 0 Å². The number of carbonyl (C=O) groups excluding carboxylic acids is 1. The standard InChI is InChI=1S/C18H24N4O2/c1-12-16(18(24)21-13(2)20-12)9-10-17(23)19-11-14-5-7-15(8-6-14)22(3)4/h5-8H,9-11H2,1-4H3,(H,19,23)(H,20,21,24). The molecule has 1 aromatic heterocycles. The average Bonchev–Trinajstić information content (AvgIpc) is 2.52. The maximum absolute atomic E-state index is 12.0. The maximum atomic E-state index is 12.0. The number of H-pyrrole nitrogens is 1. The number of hydrogen-bond acceptors (Lipinski definition) is 4. The maximum Gasteiger partial charge on any atom is 0.254 e. The number of aromatic amines is 1. The molecular weight excluding hydrogens is 304 g/mol. The van der Waals surface area contributed by atoms with Crippen LogP contribution >= 0.6 is 0 Å². The van der Waals surface area contributed by atoms with Gasteiger partial charge in [0.2, 0.25) is 5.91 Å². The topological polar surface area (TPSA) is 78.1 Å². The van der Waals surface area contributed by atoms with E-state index in [1.54, 1.807) is 13.8 Å². The Morgan fingerprint density at radius 2 is 1.88 bits per heavy atom. The number of rotatable bonds is 6. The Morgan fingerprint density at radius 3 is 2.46 bits per heavy atom. The zero-order valence-electron chi connectivity index (χ0n) is 14.6. The molecule has 0 aliphatic carbocycles. The molecule has 1 aromatic carbocycles. The Kier molecular flexibility index (Phi) is 5.73. The highest BCUT2D eigenvalue weighted by molar-refractivity contribution is 5.76.